The van der Waals surface area contributed by atoms with E-state index in [1.54, 1.807) is 19.0 Å². The first-order valence-corrected chi connectivity index (χ1v) is 8.48. The van der Waals surface area contributed by atoms with Crippen LogP contribution in [0.4, 0.5) is 0 Å². The van der Waals surface area contributed by atoms with E-state index in [1.165, 1.54) is 32.1 Å². The third-order valence-electron chi connectivity index (χ3n) is 4.89. The number of rotatable bonds is 4. The maximum absolute atomic E-state index is 11.7. The first-order valence-electron chi connectivity index (χ1n) is 8.48. The molecule has 2 N–H and O–H groups in total. The van der Waals surface area contributed by atoms with Gasteiger partial charge >= 0.3 is 0 Å². The van der Waals surface area contributed by atoms with Crippen LogP contribution in [0.3, 0.4) is 0 Å². The van der Waals surface area contributed by atoms with E-state index in [2.05, 4.69) is 15.6 Å². The van der Waals surface area contributed by atoms with Crippen molar-refractivity contribution in [2.75, 3.05) is 27.2 Å². The summed E-state index contributed by atoms with van der Waals surface area (Å²) in [7, 11) is 3.52. The van der Waals surface area contributed by atoms with Gasteiger partial charge in [-0.1, -0.05) is 0 Å². The number of hydrogen-bond acceptors (Lipinski definition) is 3. The van der Waals surface area contributed by atoms with Crippen molar-refractivity contribution in [1.82, 2.24) is 15.5 Å². The van der Waals surface area contributed by atoms with E-state index in [0.717, 1.165) is 25.4 Å². The number of amides is 1. The fraction of sp³-hybridized carbons (Fsp3) is 0.875. The lowest BCUT2D eigenvalue weighted by atomic mass is 9.74. The highest BCUT2D eigenvalue weighted by Crippen LogP contribution is 2.42. The van der Waals surface area contributed by atoms with Crippen molar-refractivity contribution in [3.63, 3.8) is 0 Å². The number of carbonyl (C=O) groups excluding carboxylic acids is 1. The minimum atomic E-state index is 0.0272. The van der Waals surface area contributed by atoms with Crippen molar-refractivity contribution < 1.29 is 9.53 Å². The fourth-order valence-corrected chi connectivity index (χ4v) is 3.11. The number of ether oxygens (including phenoxy) is 1. The molecule has 3 rings (SSSR count). The Hall–Kier alpha value is -1.30. The lowest BCUT2D eigenvalue weighted by molar-refractivity contribution is -0.134. The van der Waals surface area contributed by atoms with Gasteiger partial charge in [0.2, 0.25) is 5.91 Å². The highest BCUT2D eigenvalue weighted by Gasteiger charge is 2.42. The Bertz CT molecular complexity index is 441. The van der Waals surface area contributed by atoms with Gasteiger partial charge in [-0.05, 0) is 44.9 Å². The van der Waals surface area contributed by atoms with Gasteiger partial charge in [0.15, 0.2) is 5.96 Å². The molecule has 6 heteroatoms. The van der Waals surface area contributed by atoms with Crippen LogP contribution in [0.5, 0.6) is 0 Å². The maximum atomic E-state index is 11.7. The van der Waals surface area contributed by atoms with Crippen LogP contribution in [0.2, 0.25) is 0 Å². The molecule has 1 atom stereocenters. The van der Waals surface area contributed by atoms with Crippen molar-refractivity contribution in [2.24, 2.45) is 4.99 Å². The molecule has 1 heterocycles. The van der Waals surface area contributed by atoms with Gasteiger partial charge in [0, 0.05) is 32.8 Å². The van der Waals surface area contributed by atoms with Gasteiger partial charge < -0.3 is 20.3 Å². The Morgan fingerprint density at radius 3 is 2.55 bits per heavy atom. The molecule has 2 aliphatic carbocycles. The number of nitrogens with one attached hydrogen (secondary N) is 2. The second-order valence-corrected chi connectivity index (χ2v) is 7.09. The summed E-state index contributed by atoms with van der Waals surface area (Å²) in [4.78, 5) is 17.8. The summed E-state index contributed by atoms with van der Waals surface area (Å²) in [6.07, 6.45) is 8.11. The molecule has 6 nitrogen and oxygen atoms in total. The second-order valence-electron chi connectivity index (χ2n) is 7.09. The molecule has 1 amide bonds. The predicted octanol–water partition coefficient (Wildman–Crippen LogP) is 0.874. The second kappa shape index (κ2) is 6.44. The first-order chi connectivity index (χ1) is 10.6. The van der Waals surface area contributed by atoms with Gasteiger partial charge in [-0.2, -0.15) is 0 Å². The van der Waals surface area contributed by atoms with Crippen molar-refractivity contribution in [3.05, 3.63) is 0 Å². The summed E-state index contributed by atoms with van der Waals surface area (Å²) < 4.78 is 5.98. The van der Waals surface area contributed by atoms with Crippen molar-refractivity contribution in [3.8, 4) is 0 Å². The van der Waals surface area contributed by atoms with Crippen molar-refractivity contribution >= 4 is 11.9 Å². The van der Waals surface area contributed by atoms with E-state index in [1.807, 2.05) is 0 Å². The molecule has 0 radical (unpaired) electrons. The molecule has 1 unspecified atom stereocenters. The quantitative estimate of drug-likeness (QED) is 0.597. The van der Waals surface area contributed by atoms with Crippen LogP contribution in [0.25, 0.3) is 0 Å². The molecule has 0 aromatic carbocycles. The van der Waals surface area contributed by atoms with Crippen LogP contribution in [0.15, 0.2) is 4.99 Å². The van der Waals surface area contributed by atoms with Gasteiger partial charge in [-0.3, -0.25) is 4.79 Å². The Morgan fingerprint density at radius 1 is 1.23 bits per heavy atom. The summed E-state index contributed by atoms with van der Waals surface area (Å²) in [5.41, 5.74) is 0.125. The van der Waals surface area contributed by atoms with E-state index < -0.39 is 0 Å². The zero-order valence-electron chi connectivity index (χ0n) is 13.7. The summed E-state index contributed by atoms with van der Waals surface area (Å²) in [5.74, 6) is 0.818. The molecule has 3 aliphatic rings. The van der Waals surface area contributed by atoms with Crippen LogP contribution < -0.4 is 10.6 Å². The number of guanidine groups is 1. The molecule has 2 saturated carbocycles. The van der Waals surface area contributed by atoms with E-state index >= 15 is 0 Å². The molecular formula is C16H28N4O2. The van der Waals surface area contributed by atoms with Crippen LogP contribution >= 0.6 is 0 Å². The number of aliphatic imine (C=N–C) groups is 1. The third-order valence-corrected chi connectivity index (χ3v) is 4.89. The monoisotopic (exact) mass is 308 g/mol. The molecule has 3 fully saturated rings. The molecule has 0 bridgehead atoms. The van der Waals surface area contributed by atoms with E-state index in [4.69, 9.17) is 4.74 Å². The lowest BCUT2D eigenvalue weighted by Gasteiger charge is -2.47. The average Bonchev–Trinajstić information content (AvgIpc) is 3.27. The Morgan fingerprint density at radius 2 is 1.95 bits per heavy atom. The summed E-state index contributed by atoms with van der Waals surface area (Å²) >= 11 is 0. The maximum Gasteiger partial charge on any atom is 0.243 e. The standard InChI is InChI=1S/C16H28N4O2/c1-20(2)14(21)11-17-15(18-12-4-5-12)19-13-6-9-22-16(10-13)7-3-8-16/h12-13H,3-11H2,1-2H3,(H2,17,18,19). The number of likely N-dealkylation sites (N-methyl/N-ethyl adjacent to an activating group) is 1. The van der Waals surface area contributed by atoms with Gasteiger partial charge in [0.05, 0.1) is 5.60 Å². The van der Waals surface area contributed by atoms with E-state index in [0.29, 0.717) is 12.1 Å². The largest absolute Gasteiger partial charge is 0.375 e. The van der Waals surface area contributed by atoms with E-state index in [-0.39, 0.29) is 18.1 Å². The highest BCUT2D eigenvalue weighted by atomic mass is 16.5. The van der Waals surface area contributed by atoms with Crippen molar-refractivity contribution in [2.45, 2.75) is 62.6 Å². The third kappa shape index (κ3) is 3.91. The van der Waals surface area contributed by atoms with Crippen LogP contribution in [0, 0.1) is 0 Å². The smallest absolute Gasteiger partial charge is 0.243 e. The SMILES string of the molecule is CN(C)C(=O)CN=C(NC1CC1)NC1CCOC2(CCC2)C1. The first kappa shape index (κ1) is 15.6. The molecule has 22 heavy (non-hydrogen) atoms. The number of carbonyl (C=O) groups is 1. The molecule has 0 aromatic heterocycles. The molecular weight excluding hydrogens is 280 g/mol. The van der Waals surface area contributed by atoms with Gasteiger partial charge in [0.1, 0.15) is 6.54 Å². The minimum absolute atomic E-state index is 0.0272. The average molecular weight is 308 g/mol. The van der Waals surface area contributed by atoms with Gasteiger partial charge in [-0.15, -0.1) is 0 Å². The van der Waals surface area contributed by atoms with Gasteiger partial charge in [-0.25, -0.2) is 4.99 Å². The molecule has 1 saturated heterocycles. The number of nitrogens with zero attached hydrogens (tertiary/aromatic N) is 2. The highest BCUT2D eigenvalue weighted by molar-refractivity contribution is 5.85. The van der Waals surface area contributed by atoms with Gasteiger partial charge in [0.25, 0.3) is 0 Å². The Labute approximate surface area is 132 Å². The molecule has 0 aromatic rings. The van der Waals surface area contributed by atoms with Crippen LogP contribution in [-0.2, 0) is 9.53 Å². The normalized spacial score (nSPS) is 27.2. The molecule has 124 valence electrons. The van der Waals surface area contributed by atoms with E-state index in [9.17, 15) is 4.79 Å². The molecule has 1 aliphatic heterocycles. The summed E-state index contributed by atoms with van der Waals surface area (Å²) in [6, 6.07) is 0.923. The fourth-order valence-electron chi connectivity index (χ4n) is 3.11. The number of hydrogen-bond donors (Lipinski definition) is 2. The zero-order chi connectivity index (χ0) is 15.6. The topological polar surface area (TPSA) is 66.0 Å². The van der Waals surface area contributed by atoms with Crippen LogP contribution in [-0.4, -0.2) is 61.7 Å². The predicted molar refractivity (Wildman–Crippen MR) is 85.8 cm³/mol. The summed E-state index contributed by atoms with van der Waals surface area (Å²) in [5, 5.41) is 6.96. The Balaban J connectivity index is 1.56. The molecule has 1 spiro atoms. The zero-order valence-corrected chi connectivity index (χ0v) is 13.7. The van der Waals surface area contributed by atoms with Crippen LogP contribution in [0.1, 0.15) is 44.9 Å². The minimum Gasteiger partial charge on any atom is -0.375 e. The lowest BCUT2D eigenvalue weighted by Crippen LogP contribution is -2.54. The Kier molecular flexibility index (Phi) is 4.57. The summed E-state index contributed by atoms with van der Waals surface area (Å²) in [6.45, 7) is 1.02. The van der Waals surface area contributed by atoms with Crippen molar-refractivity contribution in [1.29, 1.82) is 0 Å².